The molecule has 0 spiro atoms. The molecule has 2 aromatic carbocycles. The van der Waals surface area contributed by atoms with Crippen LogP contribution in [0, 0.1) is 5.92 Å². The average Bonchev–Trinajstić information content (AvgIpc) is 2.91. The smallest absolute Gasteiger partial charge is 0.126 e. The lowest BCUT2D eigenvalue weighted by molar-refractivity contribution is 0.228. The van der Waals surface area contributed by atoms with E-state index >= 15 is 0 Å². The first-order chi connectivity index (χ1) is 17.1. The van der Waals surface area contributed by atoms with Crippen molar-refractivity contribution in [2.24, 2.45) is 5.92 Å². The molecule has 184 valence electrons. The first-order valence-corrected chi connectivity index (χ1v) is 15.1. The predicted molar refractivity (Wildman–Crippen MR) is 148 cm³/mol. The molecule has 6 rings (SSSR count). The van der Waals surface area contributed by atoms with Gasteiger partial charge in [0.2, 0.25) is 0 Å². The summed E-state index contributed by atoms with van der Waals surface area (Å²) in [5, 5.41) is 1.65. The Balaban J connectivity index is 1.68. The van der Waals surface area contributed by atoms with Crippen molar-refractivity contribution in [3.63, 3.8) is 0 Å². The number of allylic oxidation sites excluding steroid dienone is 3. The molecule has 0 bridgehead atoms. The van der Waals surface area contributed by atoms with E-state index in [9.17, 15) is 0 Å². The van der Waals surface area contributed by atoms with Crippen molar-refractivity contribution in [3.8, 4) is 16.9 Å². The fourth-order valence-corrected chi connectivity index (χ4v) is 12.1. The summed E-state index contributed by atoms with van der Waals surface area (Å²) in [6.45, 7) is 4.87. The van der Waals surface area contributed by atoms with E-state index < -0.39 is 0 Å². The third kappa shape index (κ3) is 3.46. The molecule has 1 fully saturated rings. The summed E-state index contributed by atoms with van der Waals surface area (Å²) in [5.74, 6) is 2.63. The second kappa shape index (κ2) is 9.11. The van der Waals surface area contributed by atoms with Crippen molar-refractivity contribution < 1.29 is 9.47 Å². The fourth-order valence-electron chi connectivity index (χ4n) is 7.82. The van der Waals surface area contributed by atoms with Gasteiger partial charge in [-0.2, -0.15) is 0 Å². The lowest BCUT2D eigenvalue weighted by Gasteiger charge is -2.55. The Hall–Kier alpha value is -2.05. The van der Waals surface area contributed by atoms with E-state index in [0.717, 1.165) is 17.2 Å². The molecule has 2 nitrogen and oxygen atoms in total. The first-order valence-electron chi connectivity index (χ1n) is 13.6. The monoisotopic (exact) mass is 486 g/mol. The van der Waals surface area contributed by atoms with Crippen LogP contribution in [-0.4, -0.2) is 25.5 Å². The molecule has 1 aliphatic heterocycles. The van der Waals surface area contributed by atoms with Gasteiger partial charge < -0.3 is 9.47 Å². The van der Waals surface area contributed by atoms with Crippen molar-refractivity contribution in [2.45, 2.75) is 81.9 Å². The topological polar surface area (TPSA) is 18.5 Å². The number of ether oxygens (including phenoxy) is 2. The molecule has 0 aromatic heterocycles. The van der Waals surface area contributed by atoms with Crippen molar-refractivity contribution in [1.29, 1.82) is 0 Å². The number of fused-ring (bicyclic) bond motifs is 2. The number of benzene rings is 2. The highest BCUT2D eigenvalue weighted by atomic mass is 31.1. The highest BCUT2D eigenvalue weighted by molar-refractivity contribution is 7.67. The molecule has 2 aromatic rings. The number of hydrogen-bond donors (Lipinski definition) is 0. The van der Waals surface area contributed by atoms with Gasteiger partial charge in [0, 0.05) is 11.2 Å². The zero-order valence-electron chi connectivity index (χ0n) is 21.8. The maximum Gasteiger partial charge on any atom is 0.126 e. The molecule has 1 saturated carbocycles. The minimum atomic E-state index is -0.321. The van der Waals surface area contributed by atoms with Crippen LogP contribution < -0.4 is 10.0 Å². The summed E-state index contributed by atoms with van der Waals surface area (Å²) in [5.41, 5.74) is 8.95. The molecule has 4 atom stereocenters. The van der Waals surface area contributed by atoms with E-state index in [-0.39, 0.29) is 13.3 Å². The Labute approximate surface area is 212 Å². The Kier molecular flexibility index (Phi) is 6.08. The maximum absolute atomic E-state index is 6.24. The van der Waals surface area contributed by atoms with E-state index in [1.54, 1.807) is 16.5 Å². The lowest BCUT2D eigenvalue weighted by Crippen LogP contribution is -2.48. The molecule has 35 heavy (non-hydrogen) atoms. The van der Waals surface area contributed by atoms with E-state index in [2.05, 4.69) is 62.4 Å². The number of hydrogen-bond acceptors (Lipinski definition) is 2. The summed E-state index contributed by atoms with van der Waals surface area (Å²) >= 11 is 0. The second-order valence-corrected chi connectivity index (χ2v) is 13.7. The number of rotatable bonds is 4. The normalized spacial score (nSPS) is 30.3. The van der Waals surface area contributed by atoms with Crippen LogP contribution >= 0.6 is 7.92 Å². The maximum atomic E-state index is 6.24. The SMILES string of the molecule is COC1=CC(C)C2=C3C(CCC2)P(C2CCCCC2)c2c(-c4ccccc4OC)cccc2C13C. The third-order valence-electron chi connectivity index (χ3n) is 9.34. The Morgan fingerprint density at radius 2 is 1.63 bits per heavy atom. The van der Waals surface area contributed by atoms with Gasteiger partial charge in [-0.3, -0.25) is 0 Å². The zero-order chi connectivity index (χ0) is 24.2. The molecule has 1 heterocycles. The van der Waals surface area contributed by atoms with Crippen molar-refractivity contribution in [1.82, 2.24) is 0 Å². The molecule has 0 radical (unpaired) electrons. The van der Waals surface area contributed by atoms with Gasteiger partial charge in [-0.05, 0) is 84.8 Å². The summed E-state index contributed by atoms with van der Waals surface area (Å²) in [6, 6.07) is 15.7. The third-order valence-corrected chi connectivity index (χ3v) is 12.8. The Bertz CT molecular complexity index is 1190. The molecular weight excluding hydrogens is 447 g/mol. The van der Waals surface area contributed by atoms with Gasteiger partial charge in [0.05, 0.1) is 19.6 Å². The first kappa shape index (κ1) is 23.4. The molecule has 0 N–H and O–H groups in total. The second-order valence-electron chi connectivity index (χ2n) is 11.1. The largest absolute Gasteiger partial charge is 0.500 e. The predicted octanol–water partition coefficient (Wildman–Crippen LogP) is 8.10. The quantitative estimate of drug-likeness (QED) is 0.321. The van der Waals surface area contributed by atoms with Crippen LogP contribution in [0.2, 0.25) is 0 Å². The number of para-hydroxylation sites is 1. The molecule has 0 saturated heterocycles. The minimum absolute atomic E-state index is 0.164. The zero-order valence-corrected chi connectivity index (χ0v) is 22.7. The summed E-state index contributed by atoms with van der Waals surface area (Å²) < 4.78 is 12.1. The van der Waals surface area contributed by atoms with Crippen LogP contribution in [0.3, 0.4) is 0 Å². The van der Waals surface area contributed by atoms with Gasteiger partial charge in [0.25, 0.3) is 0 Å². The van der Waals surface area contributed by atoms with Crippen molar-refractivity contribution >= 4 is 13.2 Å². The summed E-state index contributed by atoms with van der Waals surface area (Å²) in [6.07, 6.45) is 13.3. The lowest BCUT2D eigenvalue weighted by atomic mass is 9.62. The van der Waals surface area contributed by atoms with Crippen molar-refractivity contribution in [3.05, 3.63) is 71.0 Å². The van der Waals surface area contributed by atoms with Gasteiger partial charge in [0.15, 0.2) is 0 Å². The molecule has 3 aliphatic carbocycles. The van der Waals surface area contributed by atoms with Crippen LogP contribution in [0.25, 0.3) is 11.1 Å². The highest BCUT2D eigenvalue weighted by Crippen LogP contribution is 2.67. The van der Waals surface area contributed by atoms with E-state index in [0.29, 0.717) is 11.6 Å². The van der Waals surface area contributed by atoms with Gasteiger partial charge >= 0.3 is 0 Å². The highest BCUT2D eigenvalue weighted by Gasteiger charge is 2.54. The minimum Gasteiger partial charge on any atom is -0.500 e. The Morgan fingerprint density at radius 1 is 0.857 bits per heavy atom. The van der Waals surface area contributed by atoms with E-state index in [1.807, 2.05) is 14.2 Å². The van der Waals surface area contributed by atoms with Gasteiger partial charge in [-0.25, -0.2) is 0 Å². The summed E-state index contributed by atoms with van der Waals surface area (Å²) in [7, 11) is 3.37. The standard InChI is InChI=1S/C32H39O2P/c1-21-20-29(34-4)32(2)26-17-10-16-25(24-14-8-9-18-27(24)33-3)31(26)35(22-12-6-5-7-13-22)28-19-11-15-23(21)30(28)32/h8-10,14,16-18,20-22,28H,5-7,11-13,15,19H2,1-4H3. The van der Waals surface area contributed by atoms with Gasteiger partial charge in [-0.1, -0.05) is 76.1 Å². The molecule has 3 heteroatoms. The van der Waals surface area contributed by atoms with Crippen molar-refractivity contribution in [2.75, 3.05) is 14.2 Å². The van der Waals surface area contributed by atoms with Crippen LogP contribution in [0.4, 0.5) is 0 Å². The molecule has 4 unspecified atom stereocenters. The summed E-state index contributed by atoms with van der Waals surface area (Å²) in [4.78, 5) is 0. The number of methoxy groups -OCH3 is 2. The van der Waals surface area contributed by atoms with E-state index in [4.69, 9.17) is 9.47 Å². The Morgan fingerprint density at radius 3 is 2.40 bits per heavy atom. The molecule has 4 aliphatic rings. The van der Waals surface area contributed by atoms with Gasteiger partial charge in [-0.15, -0.1) is 0 Å². The van der Waals surface area contributed by atoms with Crippen LogP contribution in [0.15, 0.2) is 65.4 Å². The fraction of sp³-hybridized carbons (Fsp3) is 0.500. The van der Waals surface area contributed by atoms with E-state index in [1.165, 1.54) is 68.1 Å². The average molecular weight is 487 g/mol. The molecular formula is C32H39O2P. The van der Waals surface area contributed by atoms with Gasteiger partial charge in [0.1, 0.15) is 11.5 Å². The van der Waals surface area contributed by atoms with Crippen LogP contribution in [0.5, 0.6) is 5.75 Å². The van der Waals surface area contributed by atoms with Crippen LogP contribution in [-0.2, 0) is 10.2 Å². The van der Waals surface area contributed by atoms with Crippen LogP contribution in [0.1, 0.15) is 70.8 Å². The molecule has 0 amide bonds.